The van der Waals surface area contributed by atoms with Gasteiger partial charge < -0.3 is 18.9 Å². The van der Waals surface area contributed by atoms with Crippen LogP contribution in [0.3, 0.4) is 0 Å². The van der Waals surface area contributed by atoms with Crippen LogP contribution in [0, 0.1) is 0 Å². The van der Waals surface area contributed by atoms with Gasteiger partial charge in [0.2, 0.25) is 10.1 Å². The van der Waals surface area contributed by atoms with Crippen molar-refractivity contribution in [1.82, 2.24) is 0 Å². The molecule has 130 valence electrons. The molecule has 0 atom stereocenters. The first-order valence-corrected chi connectivity index (χ1v) is 11.5. The normalized spacial score (nSPS) is 16.3. The third kappa shape index (κ3) is 1.73. The number of thiophene rings is 4. The molecule has 0 amide bonds. The van der Waals surface area contributed by atoms with Crippen LogP contribution >= 0.6 is 45.3 Å². The molecule has 0 aliphatic carbocycles. The van der Waals surface area contributed by atoms with Crippen LogP contribution in [0.4, 0.5) is 0 Å². The number of hydrogen-bond acceptors (Lipinski definition) is 8. The highest BCUT2D eigenvalue weighted by Gasteiger charge is 2.25. The first kappa shape index (κ1) is 14.3. The van der Waals surface area contributed by atoms with Crippen LogP contribution in [0.2, 0.25) is 0 Å². The smallest absolute Gasteiger partial charge is 0.219 e. The van der Waals surface area contributed by atoms with Gasteiger partial charge in [-0.25, -0.2) is 0 Å². The molecule has 0 saturated carbocycles. The molecule has 1 aromatic carbocycles. The monoisotopic (exact) mass is 418 g/mol. The van der Waals surface area contributed by atoms with Crippen molar-refractivity contribution >= 4 is 84.3 Å². The fraction of sp³-hybridized carbons (Fsp3) is 0.222. The third-order valence-electron chi connectivity index (χ3n) is 4.71. The van der Waals surface area contributed by atoms with Gasteiger partial charge in [-0.2, -0.15) is 0 Å². The maximum atomic E-state index is 5.88. The molecular weight excluding hydrogens is 408 g/mol. The zero-order valence-corrected chi connectivity index (χ0v) is 16.5. The number of ether oxygens (including phenoxy) is 4. The van der Waals surface area contributed by atoms with Crippen molar-refractivity contribution in [2.45, 2.75) is 0 Å². The van der Waals surface area contributed by atoms with Gasteiger partial charge in [0.1, 0.15) is 26.4 Å². The fourth-order valence-corrected chi connectivity index (χ4v) is 8.68. The molecule has 2 aliphatic rings. The van der Waals surface area contributed by atoms with Gasteiger partial charge in [0, 0.05) is 20.2 Å². The van der Waals surface area contributed by atoms with Crippen molar-refractivity contribution in [1.29, 1.82) is 0 Å². The van der Waals surface area contributed by atoms with E-state index in [9.17, 15) is 0 Å². The maximum Gasteiger partial charge on any atom is 0.219 e. The van der Waals surface area contributed by atoms with Gasteiger partial charge in [-0.05, 0) is 12.1 Å². The van der Waals surface area contributed by atoms with E-state index in [0.717, 1.165) is 21.6 Å². The number of hydrogen-bond donors (Lipinski definition) is 0. The van der Waals surface area contributed by atoms with E-state index in [-0.39, 0.29) is 0 Å². The summed E-state index contributed by atoms with van der Waals surface area (Å²) in [6.07, 6.45) is 0. The summed E-state index contributed by atoms with van der Waals surface area (Å²) >= 11 is 7.00. The highest BCUT2D eigenvalue weighted by Crippen LogP contribution is 2.56. The van der Waals surface area contributed by atoms with Crippen LogP contribution < -0.4 is 18.9 Å². The first-order chi connectivity index (χ1) is 12.9. The summed E-state index contributed by atoms with van der Waals surface area (Å²) in [7, 11) is 0. The Morgan fingerprint density at radius 3 is 1.50 bits per heavy atom. The molecule has 0 unspecified atom stereocenters. The van der Waals surface area contributed by atoms with Gasteiger partial charge >= 0.3 is 0 Å². The lowest BCUT2D eigenvalue weighted by Gasteiger charge is -2.13. The summed E-state index contributed by atoms with van der Waals surface area (Å²) in [4.78, 5) is 0. The Morgan fingerprint density at radius 2 is 1.00 bits per heavy atom. The van der Waals surface area contributed by atoms with E-state index >= 15 is 0 Å². The van der Waals surface area contributed by atoms with Crippen LogP contribution in [-0.2, 0) is 0 Å². The highest BCUT2D eigenvalue weighted by atomic mass is 32.1. The van der Waals surface area contributed by atoms with E-state index in [0.29, 0.717) is 26.4 Å². The molecule has 8 heteroatoms. The lowest BCUT2D eigenvalue weighted by atomic mass is 10.2. The summed E-state index contributed by atoms with van der Waals surface area (Å²) < 4.78 is 30.9. The molecule has 4 nitrogen and oxygen atoms in total. The Morgan fingerprint density at radius 1 is 0.538 bits per heavy atom. The van der Waals surface area contributed by atoms with Crippen LogP contribution in [0.5, 0.6) is 21.6 Å². The van der Waals surface area contributed by atoms with E-state index in [1.807, 2.05) is 0 Å². The molecule has 6 heterocycles. The summed E-state index contributed by atoms with van der Waals surface area (Å²) in [5.41, 5.74) is 0. The lowest BCUT2D eigenvalue weighted by molar-refractivity contribution is 0.180. The average molecular weight is 419 g/mol. The Balaban J connectivity index is 1.56. The van der Waals surface area contributed by atoms with Crippen molar-refractivity contribution in [2.75, 3.05) is 26.4 Å². The van der Waals surface area contributed by atoms with Gasteiger partial charge in [-0.3, -0.25) is 0 Å². The minimum Gasteiger partial charge on any atom is -0.484 e. The second-order valence-electron chi connectivity index (χ2n) is 6.20. The molecular formula is C18H10O4S4. The summed E-state index contributed by atoms with van der Waals surface area (Å²) in [5.74, 6) is 1.86. The number of fused-ring (bicyclic) bond motifs is 10. The highest BCUT2D eigenvalue weighted by molar-refractivity contribution is 7.35. The zero-order chi connectivity index (χ0) is 16.8. The SMILES string of the molecule is c1c2sc3c4c(sc3c2cc2sc3c5c(sc3c12)OCCO5)OCCO4. The Labute approximate surface area is 163 Å². The molecule has 7 rings (SSSR count). The molecule has 4 aromatic heterocycles. The predicted octanol–water partition coefficient (Wildman–Crippen LogP) is 6.09. The molecule has 0 bridgehead atoms. The minimum atomic E-state index is 0.629. The van der Waals surface area contributed by atoms with Crippen molar-refractivity contribution in [2.24, 2.45) is 0 Å². The summed E-state index contributed by atoms with van der Waals surface area (Å²) in [6, 6.07) is 4.64. The van der Waals surface area contributed by atoms with E-state index in [1.165, 1.54) is 39.0 Å². The lowest BCUT2D eigenvalue weighted by Crippen LogP contribution is -2.13. The quantitative estimate of drug-likeness (QED) is 0.305. The van der Waals surface area contributed by atoms with Crippen LogP contribution in [0.1, 0.15) is 0 Å². The number of benzene rings is 1. The van der Waals surface area contributed by atoms with Crippen LogP contribution in [-0.4, -0.2) is 26.4 Å². The average Bonchev–Trinajstić information content (AvgIpc) is 3.38. The van der Waals surface area contributed by atoms with E-state index in [4.69, 9.17) is 18.9 Å². The second-order valence-corrected chi connectivity index (χ2v) is 10.3. The summed E-state index contributed by atoms with van der Waals surface area (Å²) in [5, 5.41) is 4.44. The maximum absolute atomic E-state index is 5.88. The van der Waals surface area contributed by atoms with E-state index < -0.39 is 0 Å². The second kappa shape index (κ2) is 4.95. The molecule has 0 N–H and O–H groups in total. The summed E-state index contributed by atoms with van der Waals surface area (Å²) in [6.45, 7) is 2.53. The van der Waals surface area contributed by atoms with Crippen molar-refractivity contribution < 1.29 is 18.9 Å². The van der Waals surface area contributed by atoms with Gasteiger partial charge in [0.25, 0.3) is 0 Å². The van der Waals surface area contributed by atoms with E-state index in [2.05, 4.69) is 12.1 Å². The topological polar surface area (TPSA) is 36.9 Å². The molecule has 5 aromatic rings. The van der Waals surface area contributed by atoms with Crippen LogP contribution in [0.15, 0.2) is 12.1 Å². The van der Waals surface area contributed by atoms with E-state index in [1.54, 1.807) is 45.3 Å². The first-order valence-electron chi connectivity index (χ1n) is 8.26. The van der Waals surface area contributed by atoms with Gasteiger partial charge in [-0.1, -0.05) is 22.7 Å². The largest absolute Gasteiger partial charge is 0.484 e. The molecule has 26 heavy (non-hydrogen) atoms. The molecule has 0 saturated heterocycles. The van der Waals surface area contributed by atoms with Gasteiger partial charge in [0.15, 0.2) is 11.5 Å². The Kier molecular flexibility index (Phi) is 2.73. The zero-order valence-electron chi connectivity index (χ0n) is 13.2. The molecule has 0 radical (unpaired) electrons. The fourth-order valence-electron chi connectivity index (χ4n) is 3.60. The Hall–Kier alpha value is -1.74. The van der Waals surface area contributed by atoms with Gasteiger partial charge in [-0.15, -0.1) is 22.7 Å². The van der Waals surface area contributed by atoms with Crippen molar-refractivity contribution in [3.63, 3.8) is 0 Å². The molecule has 0 fully saturated rings. The predicted molar refractivity (Wildman–Crippen MR) is 110 cm³/mol. The Bertz CT molecular complexity index is 1250. The number of rotatable bonds is 0. The van der Waals surface area contributed by atoms with Crippen molar-refractivity contribution in [3.8, 4) is 21.6 Å². The molecule has 0 spiro atoms. The van der Waals surface area contributed by atoms with Crippen LogP contribution in [0.25, 0.3) is 39.0 Å². The third-order valence-corrected chi connectivity index (χ3v) is 9.50. The van der Waals surface area contributed by atoms with Gasteiger partial charge in [0.05, 0.1) is 18.8 Å². The minimum absolute atomic E-state index is 0.629. The standard InChI is InChI=1S/C18H10O4S4/c1-3-21-17-11(19-1)15-13(25-17)7-5-10-8(6-9(7)23-15)14-16(24-10)12-18(26-14)22-4-2-20-12/h5-6H,1-4H2. The molecule has 2 aliphatic heterocycles. The van der Waals surface area contributed by atoms with Crippen molar-refractivity contribution in [3.05, 3.63) is 12.1 Å².